The smallest absolute Gasteiger partial charge is 0.242 e. The maximum Gasteiger partial charge on any atom is 0.242 e. The third-order valence-corrected chi connectivity index (χ3v) is 4.36. The van der Waals surface area contributed by atoms with E-state index in [0.29, 0.717) is 6.04 Å². The predicted molar refractivity (Wildman–Crippen MR) is 72.3 cm³/mol. The van der Waals surface area contributed by atoms with Crippen molar-refractivity contribution < 1.29 is 4.79 Å². The molecule has 0 atom stereocenters. The van der Waals surface area contributed by atoms with Crippen LogP contribution in [0.2, 0.25) is 0 Å². The van der Waals surface area contributed by atoms with Gasteiger partial charge < -0.3 is 10.6 Å². The average molecular weight is 261 g/mol. The highest BCUT2D eigenvalue weighted by molar-refractivity contribution is 5.86. The fourth-order valence-corrected chi connectivity index (χ4v) is 3.21. The van der Waals surface area contributed by atoms with E-state index in [2.05, 4.69) is 0 Å². The summed E-state index contributed by atoms with van der Waals surface area (Å²) in [5.41, 5.74) is 5.73. The molecule has 0 aliphatic heterocycles. The summed E-state index contributed by atoms with van der Waals surface area (Å²) in [6.07, 6.45) is 10.1. The van der Waals surface area contributed by atoms with E-state index in [1.54, 1.807) is 0 Å². The minimum absolute atomic E-state index is 0. The van der Waals surface area contributed by atoms with Gasteiger partial charge in [0.2, 0.25) is 5.91 Å². The van der Waals surface area contributed by atoms with Crippen LogP contribution in [0.5, 0.6) is 0 Å². The molecule has 0 unspecified atom stereocenters. The first kappa shape index (κ1) is 14.8. The molecule has 0 radical (unpaired) electrons. The van der Waals surface area contributed by atoms with E-state index in [-0.39, 0.29) is 18.3 Å². The van der Waals surface area contributed by atoms with Crippen molar-refractivity contribution in [3.63, 3.8) is 0 Å². The third-order valence-electron chi connectivity index (χ3n) is 4.36. The molecule has 4 heteroatoms. The minimum atomic E-state index is -0.546. The van der Waals surface area contributed by atoms with Crippen molar-refractivity contribution in [2.75, 3.05) is 7.05 Å². The Bertz CT molecular complexity index is 258. The van der Waals surface area contributed by atoms with E-state index < -0.39 is 5.54 Å². The lowest BCUT2D eigenvalue weighted by molar-refractivity contribution is -0.139. The number of nitrogens with two attached hydrogens (primary N) is 1. The summed E-state index contributed by atoms with van der Waals surface area (Å²) < 4.78 is 0. The fourth-order valence-electron chi connectivity index (χ4n) is 3.21. The number of nitrogens with zero attached hydrogens (tertiary/aromatic N) is 1. The van der Waals surface area contributed by atoms with Gasteiger partial charge in [-0.1, -0.05) is 32.1 Å². The van der Waals surface area contributed by atoms with Gasteiger partial charge in [0.1, 0.15) is 0 Å². The molecule has 2 saturated carbocycles. The second-order valence-electron chi connectivity index (χ2n) is 5.57. The fraction of sp³-hybridized carbons (Fsp3) is 0.923. The van der Waals surface area contributed by atoms with Crippen LogP contribution >= 0.6 is 12.4 Å². The number of halogens is 1. The Hall–Kier alpha value is -0.280. The van der Waals surface area contributed by atoms with Crippen molar-refractivity contribution in [3.8, 4) is 0 Å². The minimum Gasteiger partial charge on any atom is -0.341 e. The first-order valence-corrected chi connectivity index (χ1v) is 6.70. The maximum atomic E-state index is 12.4. The van der Waals surface area contributed by atoms with Crippen molar-refractivity contribution in [1.29, 1.82) is 0 Å². The Labute approximate surface area is 111 Å². The molecule has 1 amide bonds. The number of carbonyl (C=O) groups excluding carboxylic acids is 1. The van der Waals surface area contributed by atoms with Crippen LogP contribution in [0.15, 0.2) is 0 Å². The van der Waals surface area contributed by atoms with E-state index in [1.165, 1.54) is 32.1 Å². The Kier molecular flexibility index (Phi) is 5.26. The zero-order chi connectivity index (χ0) is 11.6. The molecule has 0 saturated heterocycles. The molecule has 2 aliphatic carbocycles. The van der Waals surface area contributed by atoms with E-state index in [1.807, 2.05) is 11.9 Å². The van der Waals surface area contributed by atoms with Gasteiger partial charge in [0.25, 0.3) is 0 Å². The lowest BCUT2D eigenvalue weighted by atomic mass is 9.81. The predicted octanol–water partition coefficient (Wildman–Crippen LogP) is 2.47. The molecule has 0 spiro atoms. The number of amides is 1. The lowest BCUT2D eigenvalue weighted by Crippen LogP contribution is -2.57. The number of hydrogen-bond acceptors (Lipinski definition) is 2. The quantitative estimate of drug-likeness (QED) is 0.829. The molecule has 100 valence electrons. The van der Waals surface area contributed by atoms with Crippen molar-refractivity contribution in [2.45, 2.75) is 69.4 Å². The molecule has 0 heterocycles. The molecule has 3 nitrogen and oxygen atoms in total. The van der Waals surface area contributed by atoms with Crippen LogP contribution in [-0.2, 0) is 4.79 Å². The first-order chi connectivity index (χ1) is 7.63. The van der Waals surface area contributed by atoms with Crippen molar-refractivity contribution in [2.24, 2.45) is 5.73 Å². The van der Waals surface area contributed by atoms with Gasteiger partial charge in [0.05, 0.1) is 5.54 Å². The van der Waals surface area contributed by atoms with Gasteiger partial charge in [0, 0.05) is 13.1 Å². The second-order valence-corrected chi connectivity index (χ2v) is 5.57. The van der Waals surface area contributed by atoms with E-state index in [4.69, 9.17) is 5.73 Å². The summed E-state index contributed by atoms with van der Waals surface area (Å²) in [4.78, 5) is 14.4. The number of likely N-dealkylation sites (N-methyl/N-ethyl adjacent to an activating group) is 1. The van der Waals surface area contributed by atoms with Crippen LogP contribution in [0.4, 0.5) is 0 Å². The Morgan fingerprint density at radius 2 is 1.65 bits per heavy atom. The number of rotatable bonds is 2. The Morgan fingerprint density at radius 1 is 1.12 bits per heavy atom. The Morgan fingerprint density at radius 3 is 2.18 bits per heavy atom. The average Bonchev–Trinajstić information content (AvgIpc) is 2.81. The van der Waals surface area contributed by atoms with Crippen LogP contribution in [0.25, 0.3) is 0 Å². The highest BCUT2D eigenvalue weighted by atomic mass is 35.5. The van der Waals surface area contributed by atoms with Crippen molar-refractivity contribution in [3.05, 3.63) is 0 Å². The summed E-state index contributed by atoms with van der Waals surface area (Å²) >= 11 is 0. The van der Waals surface area contributed by atoms with Crippen LogP contribution in [0, 0.1) is 0 Å². The second kappa shape index (κ2) is 6.05. The molecule has 2 rings (SSSR count). The highest BCUT2D eigenvalue weighted by Gasteiger charge is 2.39. The molecular formula is C13H25ClN2O. The van der Waals surface area contributed by atoms with Gasteiger partial charge in [-0.3, -0.25) is 4.79 Å². The van der Waals surface area contributed by atoms with Gasteiger partial charge in [-0.25, -0.2) is 0 Å². The molecule has 0 aromatic rings. The topological polar surface area (TPSA) is 46.3 Å². The molecule has 0 aromatic heterocycles. The van der Waals surface area contributed by atoms with Crippen molar-refractivity contribution >= 4 is 18.3 Å². The van der Waals surface area contributed by atoms with Crippen LogP contribution in [0.3, 0.4) is 0 Å². The molecule has 0 aromatic carbocycles. The maximum absolute atomic E-state index is 12.4. The van der Waals surface area contributed by atoms with E-state index >= 15 is 0 Å². The third kappa shape index (κ3) is 3.14. The molecule has 0 bridgehead atoms. The van der Waals surface area contributed by atoms with Crippen LogP contribution in [0.1, 0.15) is 57.8 Å². The molecule has 2 N–H and O–H groups in total. The SMILES string of the molecule is CN(C(=O)C1(N)CCCCC1)C1CCCC1.Cl. The van der Waals surface area contributed by atoms with Crippen molar-refractivity contribution in [1.82, 2.24) is 4.90 Å². The van der Waals surface area contributed by atoms with Crippen LogP contribution < -0.4 is 5.73 Å². The molecule has 17 heavy (non-hydrogen) atoms. The van der Waals surface area contributed by atoms with E-state index in [0.717, 1.165) is 25.7 Å². The summed E-state index contributed by atoms with van der Waals surface area (Å²) in [5, 5.41) is 0. The lowest BCUT2D eigenvalue weighted by Gasteiger charge is -2.37. The summed E-state index contributed by atoms with van der Waals surface area (Å²) in [6.45, 7) is 0. The summed E-state index contributed by atoms with van der Waals surface area (Å²) in [6, 6.07) is 0.454. The zero-order valence-electron chi connectivity index (χ0n) is 10.8. The zero-order valence-corrected chi connectivity index (χ0v) is 11.6. The number of carbonyl (C=O) groups is 1. The summed E-state index contributed by atoms with van der Waals surface area (Å²) in [7, 11) is 1.95. The highest BCUT2D eigenvalue weighted by Crippen LogP contribution is 2.30. The molecular weight excluding hydrogens is 236 g/mol. The van der Waals surface area contributed by atoms with Gasteiger partial charge in [0.15, 0.2) is 0 Å². The largest absolute Gasteiger partial charge is 0.341 e. The number of hydrogen-bond donors (Lipinski definition) is 1. The summed E-state index contributed by atoms with van der Waals surface area (Å²) in [5.74, 6) is 0.194. The standard InChI is InChI=1S/C13H24N2O.ClH/c1-15(11-7-3-4-8-11)12(16)13(14)9-5-2-6-10-13;/h11H,2-10,14H2,1H3;1H. The van der Waals surface area contributed by atoms with Gasteiger partial charge in [-0.05, 0) is 25.7 Å². The molecule has 2 aliphatic rings. The Balaban J connectivity index is 0.00000144. The van der Waals surface area contributed by atoms with E-state index in [9.17, 15) is 4.79 Å². The van der Waals surface area contributed by atoms with Gasteiger partial charge in [-0.2, -0.15) is 0 Å². The monoisotopic (exact) mass is 260 g/mol. The molecule has 2 fully saturated rings. The van der Waals surface area contributed by atoms with Gasteiger partial charge >= 0.3 is 0 Å². The van der Waals surface area contributed by atoms with Gasteiger partial charge in [-0.15, -0.1) is 12.4 Å². The van der Waals surface area contributed by atoms with Crippen LogP contribution in [-0.4, -0.2) is 29.4 Å². The normalized spacial score (nSPS) is 24.1. The first-order valence-electron chi connectivity index (χ1n) is 6.70.